The minimum absolute atomic E-state index is 0.00522. The monoisotopic (exact) mass is 794 g/mol. The topological polar surface area (TPSA) is 3.24 Å². The van der Waals surface area contributed by atoms with Gasteiger partial charge in [0.25, 0.3) is 0 Å². The van der Waals surface area contributed by atoms with E-state index >= 15 is 0 Å². The van der Waals surface area contributed by atoms with Crippen molar-refractivity contribution in [2.45, 2.75) is 150 Å². The fourth-order valence-electron chi connectivity index (χ4n) is 8.78. The van der Waals surface area contributed by atoms with Gasteiger partial charge >= 0.3 is 0 Å². The molecule has 0 saturated heterocycles. The second-order valence-corrected chi connectivity index (χ2v) is 23.4. The van der Waals surface area contributed by atoms with E-state index in [9.17, 15) is 0 Å². The largest absolute Gasteiger partial charge is 0.310 e. The van der Waals surface area contributed by atoms with Crippen molar-refractivity contribution in [3.05, 3.63) is 160 Å². The molecule has 1 heteroatoms. The van der Waals surface area contributed by atoms with Crippen molar-refractivity contribution in [1.29, 1.82) is 0 Å². The first-order valence-electron chi connectivity index (χ1n) is 22.3. The highest BCUT2D eigenvalue weighted by Gasteiger charge is 2.36. The molecular weight excluding hydrogens is 723 g/mol. The Hall–Kier alpha value is -4.88. The molecule has 0 unspecified atom stereocenters. The average Bonchev–Trinajstić information content (AvgIpc) is 3.38. The molecule has 60 heavy (non-hydrogen) atoms. The quantitative estimate of drug-likeness (QED) is 0.168. The summed E-state index contributed by atoms with van der Waals surface area (Å²) in [5.74, 6) is 0. The van der Waals surface area contributed by atoms with Gasteiger partial charge in [0.15, 0.2) is 0 Å². The highest BCUT2D eigenvalue weighted by atomic mass is 15.1. The van der Waals surface area contributed by atoms with Gasteiger partial charge in [-0.25, -0.2) is 0 Å². The van der Waals surface area contributed by atoms with Crippen LogP contribution < -0.4 is 4.90 Å². The summed E-state index contributed by atoms with van der Waals surface area (Å²) in [5, 5.41) is 0. The van der Waals surface area contributed by atoms with E-state index in [0.29, 0.717) is 0 Å². The maximum absolute atomic E-state index is 2.51. The van der Waals surface area contributed by atoms with Gasteiger partial charge in [-0.1, -0.05) is 197 Å². The molecular formula is C59H71N. The minimum Gasteiger partial charge on any atom is -0.310 e. The number of benzene rings is 6. The molecule has 0 atom stereocenters. The molecule has 7 rings (SSSR count). The van der Waals surface area contributed by atoms with Crippen molar-refractivity contribution in [1.82, 2.24) is 0 Å². The van der Waals surface area contributed by atoms with Gasteiger partial charge in [-0.05, 0) is 142 Å². The molecule has 1 nitrogen and oxygen atoms in total. The second kappa shape index (κ2) is 14.6. The van der Waals surface area contributed by atoms with E-state index < -0.39 is 0 Å². The summed E-state index contributed by atoms with van der Waals surface area (Å²) in [4.78, 5) is 2.51. The molecule has 0 saturated carbocycles. The standard InChI is InChI=1S/C59H71N/c1-54(2,3)42-22-24-47(25-23-42)60(48-26-27-51-50-20-18-19-21-52(50)59(16,17)53(51)37-48)49-33-38(40-29-43(55(4,5)6)35-44(30-40)56(7,8)9)28-39(34-49)41-31-45(57(10,11)12)36-46(32-41)58(13,14)15/h18-37H,1-17H3. The Morgan fingerprint density at radius 3 is 1.13 bits per heavy atom. The number of anilines is 3. The SMILES string of the molecule is CC(C)(C)c1ccc(N(c2cc(-c3cc(C(C)(C)C)cc(C(C)(C)C)c3)cc(-c3cc(C(C)(C)C)cc(C(C)(C)C)c3)c2)c2ccc3c(c2)C(C)(C)c2ccccc2-3)cc1. The summed E-state index contributed by atoms with van der Waals surface area (Å²) in [6, 6.07) is 47.4. The fourth-order valence-corrected chi connectivity index (χ4v) is 8.78. The van der Waals surface area contributed by atoms with Gasteiger partial charge in [-0.3, -0.25) is 0 Å². The van der Waals surface area contributed by atoms with Crippen LogP contribution >= 0.6 is 0 Å². The van der Waals surface area contributed by atoms with E-state index in [4.69, 9.17) is 0 Å². The smallest absolute Gasteiger partial charge is 0.0473 e. The van der Waals surface area contributed by atoms with Crippen LogP contribution in [0.4, 0.5) is 17.1 Å². The molecule has 0 bridgehead atoms. The lowest BCUT2D eigenvalue weighted by Gasteiger charge is -2.30. The van der Waals surface area contributed by atoms with Gasteiger partial charge in [0.2, 0.25) is 0 Å². The summed E-state index contributed by atoms with van der Waals surface area (Å²) in [5.41, 5.74) is 20.5. The van der Waals surface area contributed by atoms with Crippen LogP contribution in [0.5, 0.6) is 0 Å². The first-order valence-corrected chi connectivity index (χ1v) is 22.3. The van der Waals surface area contributed by atoms with E-state index in [1.165, 1.54) is 78.0 Å². The molecule has 0 spiro atoms. The first kappa shape index (κ1) is 43.2. The zero-order chi connectivity index (χ0) is 44.0. The number of fused-ring (bicyclic) bond motifs is 3. The number of hydrogen-bond acceptors (Lipinski definition) is 1. The van der Waals surface area contributed by atoms with Crippen molar-refractivity contribution in [3.8, 4) is 33.4 Å². The van der Waals surface area contributed by atoms with Crippen LogP contribution in [0.1, 0.15) is 157 Å². The predicted octanol–water partition coefficient (Wildman–Crippen LogP) is 17.3. The van der Waals surface area contributed by atoms with E-state index in [-0.39, 0.29) is 32.5 Å². The summed E-state index contributed by atoms with van der Waals surface area (Å²) in [7, 11) is 0. The van der Waals surface area contributed by atoms with Crippen LogP contribution in [-0.2, 0) is 32.5 Å². The molecule has 6 aromatic carbocycles. The molecule has 0 fully saturated rings. The first-order chi connectivity index (χ1) is 27.6. The van der Waals surface area contributed by atoms with Gasteiger partial charge in [0, 0.05) is 22.5 Å². The zero-order valence-electron chi connectivity index (χ0n) is 40.0. The van der Waals surface area contributed by atoms with Gasteiger partial charge < -0.3 is 4.90 Å². The molecule has 1 aliphatic rings. The number of rotatable bonds is 5. The lowest BCUT2D eigenvalue weighted by molar-refractivity contribution is 0.568. The molecule has 0 aromatic heterocycles. The van der Waals surface area contributed by atoms with E-state index in [1.54, 1.807) is 0 Å². The predicted molar refractivity (Wildman–Crippen MR) is 263 cm³/mol. The third-order valence-corrected chi connectivity index (χ3v) is 13.0. The molecule has 0 heterocycles. The normalized spacial score (nSPS) is 14.2. The van der Waals surface area contributed by atoms with Crippen LogP contribution in [0.3, 0.4) is 0 Å². The maximum Gasteiger partial charge on any atom is 0.0473 e. The highest BCUT2D eigenvalue weighted by Crippen LogP contribution is 2.51. The lowest BCUT2D eigenvalue weighted by atomic mass is 9.78. The average molecular weight is 794 g/mol. The molecule has 312 valence electrons. The van der Waals surface area contributed by atoms with Crippen LogP contribution in [0.2, 0.25) is 0 Å². The maximum atomic E-state index is 2.51. The third-order valence-electron chi connectivity index (χ3n) is 13.0. The Morgan fingerprint density at radius 2 is 0.700 bits per heavy atom. The molecule has 0 aliphatic heterocycles. The van der Waals surface area contributed by atoms with Crippen molar-refractivity contribution in [2.75, 3.05) is 4.90 Å². The Kier molecular flexibility index (Phi) is 10.5. The summed E-state index contributed by atoms with van der Waals surface area (Å²) in [6.07, 6.45) is 0. The van der Waals surface area contributed by atoms with Crippen LogP contribution in [-0.4, -0.2) is 0 Å². The van der Waals surface area contributed by atoms with Crippen LogP contribution in [0, 0.1) is 0 Å². The Labute approximate surface area is 364 Å². The Bertz CT molecular complexity index is 2400. The van der Waals surface area contributed by atoms with E-state index in [2.05, 4.69) is 244 Å². The van der Waals surface area contributed by atoms with Gasteiger partial charge in [-0.2, -0.15) is 0 Å². The van der Waals surface area contributed by atoms with Gasteiger partial charge in [0.1, 0.15) is 0 Å². The van der Waals surface area contributed by atoms with Crippen molar-refractivity contribution in [2.24, 2.45) is 0 Å². The second-order valence-electron chi connectivity index (χ2n) is 23.4. The lowest BCUT2D eigenvalue weighted by Crippen LogP contribution is -2.17. The molecule has 0 N–H and O–H groups in total. The molecule has 6 aromatic rings. The van der Waals surface area contributed by atoms with E-state index in [1.807, 2.05) is 0 Å². The van der Waals surface area contributed by atoms with Crippen LogP contribution in [0.15, 0.2) is 121 Å². The zero-order valence-corrected chi connectivity index (χ0v) is 40.0. The van der Waals surface area contributed by atoms with Gasteiger partial charge in [0.05, 0.1) is 0 Å². The fraction of sp³-hybridized carbons (Fsp3) is 0.390. The van der Waals surface area contributed by atoms with Gasteiger partial charge in [-0.15, -0.1) is 0 Å². The van der Waals surface area contributed by atoms with Crippen molar-refractivity contribution < 1.29 is 0 Å². The minimum atomic E-state index is -0.121. The third kappa shape index (κ3) is 8.39. The highest BCUT2D eigenvalue weighted by molar-refractivity contribution is 5.88. The molecule has 1 aliphatic carbocycles. The Morgan fingerprint density at radius 1 is 0.317 bits per heavy atom. The number of nitrogens with zero attached hydrogens (tertiary/aromatic N) is 1. The molecule has 0 radical (unpaired) electrons. The Balaban J connectivity index is 1.56. The summed E-state index contributed by atoms with van der Waals surface area (Å²) in [6.45, 7) is 39.7. The summed E-state index contributed by atoms with van der Waals surface area (Å²) >= 11 is 0. The van der Waals surface area contributed by atoms with Crippen molar-refractivity contribution >= 4 is 17.1 Å². The number of hydrogen-bond donors (Lipinski definition) is 0. The van der Waals surface area contributed by atoms with Crippen LogP contribution in [0.25, 0.3) is 33.4 Å². The van der Waals surface area contributed by atoms with E-state index in [0.717, 1.165) is 11.4 Å². The summed E-state index contributed by atoms with van der Waals surface area (Å²) < 4.78 is 0. The molecule has 0 amide bonds. The van der Waals surface area contributed by atoms with Crippen molar-refractivity contribution in [3.63, 3.8) is 0 Å².